The van der Waals surface area contributed by atoms with Crippen LogP contribution in [0.1, 0.15) is 31.5 Å². The van der Waals surface area contributed by atoms with Crippen LogP contribution in [0.25, 0.3) is 16.6 Å². The number of ether oxygens (including phenoxy) is 1. The van der Waals surface area contributed by atoms with E-state index in [0.717, 1.165) is 42.3 Å². The Morgan fingerprint density at radius 2 is 2.06 bits per heavy atom. The Kier molecular flexibility index (Phi) is 5.63. The third kappa shape index (κ3) is 4.30. The maximum Gasteiger partial charge on any atom is 0.138 e. The highest BCUT2D eigenvalue weighted by Gasteiger charge is 2.44. The van der Waals surface area contributed by atoms with E-state index in [2.05, 4.69) is 31.3 Å². The lowest BCUT2D eigenvalue weighted by Crippen LogP contribution is -2.68. The van der Waals surface area contributed by atoms with Crippen LogP contribution in [0.5, 0.6) is 5.75 Å². The van der Waals surface area contributed by atoms with Crippen molar-refractivity contribution >= 4 is 22.7 Å². The molecule has 0 saturated carbocycles. The summed E-state index contributed by atoms with van der Waals surface area (Å²) in [6, 6.07) is 9.26. The monoisotopic (exact) mass is 501 g/mol. The number of thiazole rings is 1. The van der Waals surface area contributed by atoms with Crippen molar-refractivity contribution in [3.05, 3.63) is 58.9 Å². The molecule has 7 heterocycles. The summed E-state index contributed by atoms with van der Waals surface area (Å²) in [7, 11) is 0. The predicted octanol–water partition coefficient (Wildman–Crippen LogP) is 3.34. The summed E-state index contributed by atoms with van der Waals surface area (Å²) in [5, 5.41) is 26.2. The van der Waals surface area contributed by atoms with Crippen molar-refractivity contribution in [2.45, 2.75) is 44.5 Å². The smallest absolute Gasteiger partial charge is 0.138 e. The largest absolute Gasteiger partial charge is 0.489 e. The number of nitrogens with zero attached hydrogens (tertiary/aromatic N) is 7. The van der Waals surface area contributed by atoms with Gasteiger partial charge in [0.15, 0.2) is 0 Å². The Morgan fingerprint density at radius 3 is 2.72 bits per heavy atom. The van der Waals surface area contributed by atoms with Crippen molar-refractivity contribution in [3.8, 4) is 22.9 Å². The minimum atomic E-state index is -0.967. The van der Waals surface area contributed by atoms with Crippen LogP contribution in [0.15, 0.2) is 47.7 Å². The molecule has 2 unspecified atom stereocenters. The topological polar surface area (TPSA) is 103 Å². The van der Waals surface area contributed by atoms with Crippen LogP contribution >= 0.6 is 11.3 Å². The SMILES string of the molecule is CC(C)(O)COc1cc(-c2ccc(N3CC4CC(C3)N4Cc3cscn3)nc2)c2c(C#N)cnn2c1. The summed E-state index contributed by atoms with van der Waals surface area (Å²) in [5.74, 6) is 1.52. The van der Waals surface area contributed by atoms with Crippen molar-refractivity contribution in [1.82, 2.24) is 24.5 Å². The first-order chi connectivity index (χ1) is 17.4. The lowest BCUT2D eigenvalue weighted by atomic mass is 9.87. The molecule has 10 heteroatoms. The quantitative estimate of drug-likeness (QED) is 0.411. The van der Waals surface area contributed by atoms with Gasteiger partial charge in [-0.05, 0) is 38.5 Å². The second kappa shape index (κ2) is 8.85. The predicted molar refractivity (Wildman–Crippen MR) is 137 cm³/mol. The Labute approximate surface area is 213 Å². The van der Waals surface area contributed by atoms with E-state index in [-0.39, 0.29) is 6.61 Å². The molecule has 3 fully saturated rings. The molecule has 4 aromatic heterocycles. The fraction of sp³-hybridized carbons (Fsp3) is 0.385. The molecule has 36 heavy (non-hydrogen) atoms. The van der Waals surface area contributed by atoms with E-state index < -0.39 is 5.60 Å². The van der Waals surface area contributed by atoms with Gasteiger partial charge in [0, 0.05) is 54.4 Å². The second-order valence-corrected chi connectivity index (χ2v) is 10.9. The van der Waals surface area contributed by atoms with E-state index >= 15 is 0 Å². The van der Waals surface area contributed by atoms with E-state index in [4.69, 9.17) is 9.72 Å². The third-order valence-electron chi connectivity index (χ3n) is 6.85. The number of aromatic nitrogens is 4. The summed E-state index contributed by atoms with van der Waals surface area (Å²) in [6.45, 7) is 6.36. The van der Waals surface area contributed by atoms with E-state index in [1.807, 2.05) is 29.9 Å². The van der Waals surface area contributed by atoms with Crippen LogP contribution in [-0.4, -0.2) is 67.0 Å². The lowest BCUT2D eigenvalue weighted by molar-refractivity contribution is -0.00954. The molecule has 2 atom stereocenters. The zero-order valence-electron chi connectivity index (χ0n) is 20.2. The average molecular weight is 502 g/mol. The van der Waals surface area contributed by atoms with Crippen LogP contribution in [0.2, 0.25) is 0 Å². The normalized spacial score (nSPS) is 19.8. The maximum absolute atomic E-state index is 10.1. The molecule has 0 aromatic carbocycles. The first-order valence-corrected chi connectivity index (χ1v) is 12.9. The average Bonchev–Trinajstić information content (AvgIpc) is 3.55. The second-order valence-electron chi connectivity index (χ2n) is 10.2. The summed E-state index contributed by atoms with van der Waals surface area (Å²) in [5.41, 5.74) is 4.97. The molecule has 0 aliphatic carbocycles. The van der Waals surface area contributed by atoms with Gasteiger partial charge in [0.05, 0.1) is 40.3 Å². The number of hydrogen-bond donors (Lipinski definition) is 1. The molecular weight excluding hydrogens is 474 g/mol. The van der Waals surface area contributed by atoms with Crippen molar-refractivity contribution in [1.29, 1.82) is 5.26 Å². The van der Waals surface area contributed by atoms with Gasteiger partial charge in [0.1, 0.15) is 24.2 Å². The number of hydrogen-bond acceptors (Lipinski definition) is 9. The van der Waals surface area contributed by atoms with Crippen molar-refractivity contribution < 1.29 is 9.84 Å². The van der Waals surface area contributed by atoms with E-state index in [1.54, 1.807) is 42.1 Å². The lowest BCUT2D eigenvalue weighted by Gasteiger charge is -2.56. The number of rotatable bonds is 7. The van der Waals surface area contributed by atoms with Gasteiger partial charge in [-0.2, -0.15) is 10.4 Å². The van der Waals surface area contributed by atoms with Crippen LogP contribution in [0, 0.1) is 11.3 Å². The van der Waals surface area contributed by atoms with Crippen LogP contribution < -0.4 is 9.64 Å². The fourth-order valence-electron chi connectivity index (χ4n) is 5.11. The molecule has 9 nitrogen and oxygen atoms in total. The van der Waals surface area contributed by atoms with Gasteiger partial charge in [-0.3, -0.25) is 4.90 Å². The molecule has 0 amide bonds. The van der Waals surface area contributed by atoms with E-state index in [9.17, 15) is 10.4 Å². The van der Waals surface area contributed by atoms with Crippen molar-refractivity contribution in [2.24, 2.45) is 0 Å². The highest BCUT2D eigenvalue weighted by atomic mass is 32.1. The molecule has 0 radical (unpaired) electrons. The number of piperazine rings is 1. The molecule has 184 valence electrons. The van der Waals surface area contributed by atoms with Gasteiger partial charge in [0.25, 0.3) is 0 Å². The Bertz CT molecular complexity index is 1410. The molecule has 3 aliphatic rings. The van der Waals surface area contributed by atoms with E-state index in [0.29, 0.717) is 28.9 Å². The number of pyridine rings is 2. The van der Waals surface area contributed by atoms with Crippen molar-refractivity contribution in [2.75, 3.05) is 24.6 Å². The number of aliphatic hydroxyl groups is 1. The van der Waals surface area contributed by atoms with Gasteiger partial charge in [-0.25, -0.2) is 14.5 Å². The van der Waals surface area contributed by atoms with Gasteiger partial charge < -0.3 is 14.7 Å². The summed E-state index contributed by atoms with van der Waals surface area (Å²) in [4.78, 5) is 14.2. The Morgan fingerprint density at radius 1 is 1.22 bits per heavy atom. The zero-order chi connectivity index (χ0) is 24.9. The number of fused-ring (bicyclic) bond motifs is 3. The Balaban J connectivity index is 1.23. The van der Waals surface area contributed by atoms with Gasteiger partial charge in [-0.1, -0.05) is 0 Å². The minimum Gasteiger partial charge on any atom is -0.489 e. The third-order valence-corrected chi connectivity index (χ3v) is 7.49. The fourth-order valence-corrected chi connectivity index (χ4v) is 5.65. The standard InChI is InChI=1S/C26H27N7O2S/c1-26(2,34)15-35-22-6-23(25-18(7-27)9-30-33(25)13-22)17-3-4-24(28-8-17)31-11-20-5-21(12-31)32(20)10-19-14-36-16-29-19/h3-4,6,8-9,13-14,16,20-21,34H,5,10-12,15H2,1-2H3. The van der Waals surface area contributed by atoms with Crippen LogP contribution in [-0.2, 0) is 6.54 Å². The molecule has 0 spiro atoms. The zero-order valence-corrected chi connectivity index (χ0v) is 21.0. The first kappa shape index (κ1) is 22.9. The molecule has 4 aromatic rings. The molecule has 3 saturated heterocycles. The first-order valence-electron chi connectivity index (χ1n) is 12.0. The highest BCUT2D eigenvalue weighted by Crippen LogP contribution is 2.36. The van der Waals surface area contributed by atoms with Crippen LogP contribution in [0.3, 0.4) is 0 Å². The highest BCUT2D eigenvalue weighted by molar-refractivity contribution is 7.07. The minimum absolute atomic E-state index is 0.137. The summed E-state index contributed by atoms with van der Waals surface area (Å²) in [6.07, 6.45) is 6.36. The Hall–Kier alpha value is -3.52. The molecule has 2 bridgehead atoms. The number of nitriles is 1. The maximum atomic E-state index is 10.1. The molecule has 7 rings (SSSR count). The van der Waals surface area contributed by atoms with Gasteiger partial charge in [-0.15, -0.1) is 11.3 Å². The van der Waals surface area contributed by atoms with Crippen molar-refractivity contribution in [3.63, 3.8) is 0 Å². The van der Waals surface area contributed by atoms with E-state index in [1.165, 1.54) is 6.42 Å². The summed E-state index contributed by atoms with van der Waals surface area (Å²) >= 11 is 1.65. The van der Waals surface area contributed by atoms with Gasteiger partial charge in [0.2, 0.25) is 0 Å². The number of anilines is 1. The summed E-state index contributed by atoms with van der Waals surface area (Å²) < 4.78 is 7.49. The molecule has 3 aliphatic heterocycles. The molecular formula is C26H27N7O2S. The van der Waals surface area contributed by atoms with Gasteiger partial charge >= 0.3 is 0 Å². The number of piperidine rings is 1. The van der Waals surface area contributed by atoms with Crippen LogP contribution in [0.4, 0.5) is 5.82 Å². The molecule has 1 N–H and O–H groups in total.